The Bertz CT molecular complexity index is 779. The van der Waals surface area contributed by atoms with Gasteiger partial charge in [0.05, 0.1) is 0 Å². The number of rotatable bonds is 3. The van der Waals surface area contributed by atoms with Gasteiger partial charge in [-0.05, 0) is 25.1 Å². The summed E-state index contributed by atoms with van der Waals surface area (Å²) < 4.78 is 0. The van der Waals surface area contributed by atoms with Crippen LogP contribution in [0.4, 0.5) is 17.3 Å². The smallest absolute Gasteiger partial charge is 0.188 e. The van der Waals surface area contributed by atoms with Crippen molar-refractivity contribution in [2.75, 3.05) is 5.32 Å². The highest BCUT2D eigenvalue weighted by atomic mass is 35.5. The van der Waals surface area contributed by atoms with Crippen molar-refractivity contribution >= 4 is 46.2 Å². The van der Waals surface area contributed by atoms with Crippen LogP contribution in [0.5, 0.6) is 0 Å². The lowest BCUT2D eigenvalue weighted by Crippen LogP contribution is -1.95. The number of H-pyrrole nitrogens is 1. The molecule has 0 amide bonds. The van der Waals surface area contributed by atoms with Crippen LogP contribution in [-0.4, -0.2) is 26.4 Å². The SMILES string of the molecule is CC=Nc1[nH]nc2ncnc(Nc3cccc(Cl)c3)c12. The van der Waals surface area contributed by atoms with Crippen LogP contribution in [0, 0.1) is 0 Å². The van der Waals surface area contributed by atoms with Crippen LogP contribution in [0.15, 0.2) is 35.6 Å². The second kappa shape index (κ2) is 5.26. The summed E-state index contributed by atoms with van der Waals surface area (Å²) in [7, 11) is 0. The van der Waals surface area contributed by atoms with Gasteiger partial charge in [-0.2, -0.15) is 5.10 Å². The molecule has 2 N–H and O–H groups in total. The molecule has 3 aromatic rings. The minimum Gasteiger partial charge on any atom is -0.339 e. The van der Waals surface area contributed by atoms with Crippen molar-refractivity contribution in [1.82, 2.24) is 20.2 Å². The van der Waals surface area contributed by atoms with Crippen LogP contribution in [-0.2, 0) is 0 Å². The van der Waals surface area contributed by atoms with Crippen LogP contribution in [0.3, 0.4) is 0 Å². The standard InChI is InChI=1S/C13H11ClN6/c1-2-15-12-10-11(16-7-17-13(10)20-19-12)18-9-5-3-4-8(14)6-9/h2-7H,1H3,(H2,16,17,18,19,20). The van der Waals surface area contributed by atoms with Gasteiger partial charge in [-0.1, -0.05) is 17.7 Å². The minimum absolute atomic E-state index is 0.560. The average molecular weight is 287 g/mol. The zero-order chi connectivity index (χ0) is 13.9. The van der Waals surface area contributed by atoms with Crippen LogP contribution >= 0.6 is 11.6 Å². The molecule has 0 saturated heterocycles. The third-order valence-electron chi connectivity index (χ3n) is 2.68. The van der Waals surface area contributed by atoms with E-state index in [4.69, 9.17) is 11.6 Å². The first-order valence-corrected chi connectivity index (χ1v) is 6.36. The summed E-state index contributed by atoms with van der Waals surface area (Å²) in [4.78, 5) is 12.6. The van der Waals surface area contributed by atoms with E-state index in [2.05, 4.69) is 30.5 Å². The van der Waals surface area contributed by atoms with E-state index in [1.54, 1.807) is 6.21 Å². The normalized spacial score (nSPS) is 11.3. The molecule has 100 valence electrons. The van der Waals surface area contributed by atoms with Crippen LogP contribution in [0.2, 0.25) is 5.02 Å². The molecule has 0 aliphatic carbocycles. The fourth-order valence-corrected chi connectivity index (χ4v) is 2.05. The zero-order valence-corrected chi connectivity index (χ0v) is 11.4. The molecule has 0 fully saturated rings. The van der Waals surface area contributed by atoms with Crippen molar-refractivity contribution in [3.05, 3.63) is 35.6 Å². The average Bonchev–Trinajstić information content (AvgIpc) is 2.84. The molecule has 0 radical (unpaired) electrons. The van der Waals surface area contributed by atoms with Crippen molar-refractivity contribution in [2.24, 2.45) is 4.99 Å². The Morgan fingerprint density at radius 2 is 2.25 bits per heavy atom. The maximum atomic E-state index is 5.97. The van der Waals surface area contributed by atoms with Crippen LogP contribution in [0.25, 0.3) is 11.0 Å². The Morgan fingerprint density at radius 3 is 3.05 bits per heavy atom. The van der Waals surface area contributed by atoms with Gasteiger partial charge < -0.3 is 5.32 Å². The summed E-state index contributed by atoms with van der Waals surface area (Å²) in [5, 5.41) is 11.5. The van der Waals surface area contributed by atoms with Crippen molar-refractivity contribution in [2.45, 2.75) is 6.92 Å². The molecule has 0 aliphatic rings. The quantitative estimate of drug-likeness (QED) is 0.723. The van der Waals surface area contributed by atoms with Gasteiger partial charge in [-0.15, -0.1) is 0 Å². The molecule has 2 heterocycles. The predicted octanol–water partition coefficient (Wildman–Crippen LogP) is 3.47. The van der Waals surface area contributed by atoms with Gasteiger partial charge in [0, 0.05) is 16.9 Å². The third-order valence-corrected chi connectivity index (χ3v) is 2.91. The largest absolute Gasteiger partial charge is 0.339 e. The number of anilines is 2. The van der Waals surface area contributed by atoms with Gasteiger partial charge in [0.25, 0.3) is 0 Å². The van der Waals surface area contributed by atoms with E-state index >= 15 is 0 Å². The van der Waals surface area contributed by atoms with Crippen molar-refractivity contribution in [1.29, 1.82) is 0 Å². The van der Waals surface area contributed by atoms with Gasteiger partial charge in [0.15, 0.2) is 11.5 Å². The molecule has 3 rings (SSSR count). The van der Waals surface area contributed by atoms with Crippen LogP contribution < -0.4 is 5.32 Å². The molecule has 0 spiro atoms. The first kappa shape index (κ1) is 12.6. The van der Waals surface area contributed by atoms with Gasteiger partial charge in [-0.25, -0.2) is 15.0 Å². The number of hydrogen-bond acceptors (Lipinski definition) is 5. The van der Waals surface area contributed by atoms with E-state index in [0.29, 0.717) is 22.3 Å². The Kier molecular flexibility index (Phi) is 3.30. The molecule has 20 heavy (non-hydrogen) atoms. The van der Waals surface area contributed by atoms with Crippen molar-refractivity contribution in [3.63, 3.8) is 0 Å². The third kappa shape index (κ3) is 2.33. The fraction of sp³-hybridized carbons (Fsp3) is 0.0769. The van der Waals surface area contributed by atoms with Gasteiger partial charge >= 0.3 is 0 Å². The number of benzene rings is 1. The molecule has 0 aliphatic heterocycles. The molecule has 7 heteroatoms. The lowest BCUT2D eigenvalue weighted by atomic mass is 10.3. The zero-order valence-electron chi connectivity index (χ0n) is 10.6. The van der Waals surface area contributed by atoms with E-state index in [-0.39, 0.29) is 0 Å². The highest BCUT2D eigenvalue weighted by Gasteiger charge is 2.12. The van der Waals surface area contributed by atoms with Crippen molar-refractivity contribution < 1.29 is 0 Å². The highest BCUT2D eigenvalue weighted by Crippen LogP contribution is 2.29. The number of nitrogens with zero attached hydrogens (tertiary/aromatic N) is 4. The first-order valence-electron chi connectivity index (χ1n) is 5.98. The lowest BCUT2D eigenvalue weighted by molar-refractivity contribution is 1.08. The van der Waals surface area contributed by atoms with E-state index in [9.17, 15) is 0 Å². The Labute approximate surface area is 119 Å². The molecular weight excluding hydrogens is 276 g/mol. The van der Waals surface area contributed by atoms with Gasteiger partial charge in [0.2, 0.25) is 0 Å². The van der Waals surface area contributed by atoms with Crippen molar-refractivity contribution in [3.8, 4) is 0 Å². The molecule has 0 saturated carbocycles. The summed E-state index contributed by atoms with van der Waals surface area (Å²) in [6, 6.07) is 7.40. The van der Waals surface area contributed by atoms with E-state index in [1.807, 2.05) is 31.2 Å². The second-order valence-electron chi connectivity index (χ2n) is 4.02. The van der Waals surface area contributed by atoms with E-state index < -0.39 is 0 Å². The predicted molar refractivity (Wildman–Crippen MR) is 80.2 cm³/mol. The second-order valence-corrected chi connectivity index (χ2v) is 4.45. The Balaban J connectivity index is 2.09. The number of nitrogens with one attached hydrogen (secondary N) is 2. The van der Waals surface area contributed by atoms with Gasteiger partial charge in [-0.3, -0.25) is 5.10 Å². The minimum atomic E-state index is 0.560. The topological polar surface area (TPSA) is 78.8 Å². The van der Waals surface area contributed by atoms with E-state index in [1.165, 1.54) is 6.33 Å². The highest BCUT2D eigenvalue weighted by molar-refractivity contribution is 6.30. The lowest BCUT2D eigenvalue weighted by Gasteiger charge is -2.06. The summed E-state index contributed by atoms with van der Waals surface area (Å²) in [6.07, 6.45) is 3.14. The molecule has 0 atom stereocenters. The molecule has 6 nitrogen and oxygen atoms in total. The summed E-state index contributed by atoms with van der Waals surface area (Å²) in [5.74, 6) is 1.25. The maximum Gasteiger partial charge on any atom is 0.188 e. The number of aliphatic imine (C=N–C) groups is 1. The number of aromatic amines is 1. The molecule has 0 bridgehead atoms. The first-order chi connectivity index (χ1) is 9.78. The monoisotopic (exact) mass is 286 g/mol. The van der Waals surface area contributed by atoms with E-state index in [0.717, 1.165) is 11.1 Å². The molecule has 0 unspecified atom stereocenters. The summed E-state index contributed by atoms with van der Waals surface area (Å²) in [5.41, 5.74) is 1.40. The van der Waals surface area contributed by atoms with Gasteiger partial charge in [0.1, 0.15) is 17.5 Å². The Morgan fingerprint density at radius 1 is 1.35 bits per heavy atom. The number of fused-ring (bicyclic) bond motifs is 1. The number of aromatic nitrogens is 4. The molecule has 2 aromatic heterocycles. The summed E-state index contributed by atoms with van der Waals surface area (Å²) >= 11 is 5.97. The number of halogens is 1. The number of hydrogen-bond donors (Lipinski definition) is 2. The Hall–Kier alpha value is -2.47. The molecule has 1 aromatic carbocycles. The van der Waals surface area contributed by atoms with Crippen LogP contribution in [0.1, 0.15) is 6.92 Å². The maximum absolute atomic E-state index is 5.97. The molecular formula is C13H11ClN6. The fourth-order valence-electron chi connectivity index (χ4n) is 1.86. The summed E-state index contributed by atoms with van der Waals surface area (Å²) in [6.45, 7) is 1.83.